The lowest BCUT2D eigenvalue weighted by molar-refractivity contribution is -0.129. The molecule has 0 unspecified atom stereocenters. The molecule has 2 aliphatic heterocycles. The second-order valence-electron chi connectivity index (χ2n) is 7.06. The summed E-state index contributed by atoms with van der Waals surface area (Å²) in [5, 5.41) is 14.0. The predicted molar refractivity (Wildman–Crippen MR) is 90.2 cm³/mol. The van der Waals surface area contributed by atoms with Crippen LogP contribution in [0.4, 0.5) is 4.79 Å². The van der Waals surface area contributed by atoms with Crippen LogP contribution in [0.25, 0.3) is 0 Å². The van der Waals surface area contributed by atoms with Gasteiger partial charge in [0.25, 0.3) is 0 Å². The Morgan fingerprint density at radius 1 is 1.16 bits per heavy atom. The summed E-state index contributed by atoms with van der Waals surface area (Å²) in [5.74, 6) is -0.225. The van der Waals surface area contributed by atoms with Gasteiger partial charge in [-0.25, -0.2) is 15.2 Å². The molecular weight excluding hydrogens is 322 g/mol. The molecule has 0 aromatic carbocycles. The lowest BCUT2D eigenvalue weighted by Crippen LogP contribution is -2.64. The van der Waals surface area contributed by atoms with Gasteiger partial charge in [-0.3, -0.25) is 4.79 Å². The molecule has 2 N–H and O–H groups in total. The molecule has 0 radical (unpaired) electrons. The second-order valence-corrected chi connectivity index (χ2v) is 7.06. The molecule has 0 bridgehead atoms. The van der Waals surface area contributed by atoms with Gasteiger partial charge in [0.1, 0.15) is 11.6 Å². The van der Waals surface area contributed by atoms with Gasteiger partial charge in [0.15, 0.2) is 0 Å². The first-order chi connectivity index (χ1) is 12.2. The van der Waals surface area contributed by atoms with Crippen LogP contribution >= 0.6 is 0 Å². The van der Waals surface area contributed by atoms with Gasteiger partial charge in [-0.2, -0.15) is 5.26 Å². The molecule has 0 spiro atoms. The molecule has 3 fully saturated rings. The zero-order chi connectivity index (χ0) is 17.7. The van der Waals surface area contributed by atoms with Crippen LogP contribution in [-0.4, -0.2) is 66.3 Å². The Bertz CT molecular complexity index is 535. The summed E-state index contributed by atoms with van der Waals surface area (Å²) in [5.41, 5.74) is 2.30. The minimum Gasteiger partial charge on any atom is -0.378 e. The molecule has 8 heteroatoms. The monoisotopic (exact) mass is 349 g/mol. The number of hydrazine groups is 1. The van der Waals surface area contributed by atoms with Crippen molar-refractivity contribution < 1.29 is 14.3 Å². The molecule has 1 atom stereocenters. The Kier molecular flexibility index (Phi) is 5.76. The summed E-state index contributed by atoms with van der Waals surface area (Å²) in [4.78, 5) is 27.4. The van der Waals surface area contributed by atoms with Gasteiger partial charge in [0, 0.05) is 19.6 Å². The number of morpholine rings is 1. The molecule has 2 saturated heterocycles. The SMILES string of the molecule is N#CC1(NC(=O)[C@@H]2CCCNN2C(=O)N2CCOCC2)CCCCC1. The van der Waals surface area contributed by atoms with Crippen molar-refractivity contribution in [3.8, 4) is 6.07 Å². The zero-order valence-corrected chi connectivity index (χ0v) is 14.6. The minimum absolute atomic E-state index is 0.183. The molecule has 1 saturated carbocycles. The van der Waals surface area contributed by atoms with E-state index in [1.165, 1.54) is 5.01 Å². The highest BCUT2D eigenvalue weighted by molar-refractivity contribution is 5.87. The van der Waals surface area contributed by atoms with Gasteiger partial charge in [-0.05, 0) is 25.7 Å². The lowest BCUT2D eigenvalue weighted by atomic mass is 9.82. The van der Waals surface area contributed by atoms with Crippen LogP contribution in [0, 0.1) is 11.3 Å². The van der Waals surface area contributed by atoms with E-state index in [1.54, 1.807) is 4.90 Å². The number of carbonyl (C=O) groups excluding carboxylic acids is 2. The van der Waals surface area contributed by atoms with E-state index in [0.29, 0.717) is 52.1 Å². The van der Waals surface area contributed by atoms with Crippen LogP contribution < -0.4 is 10.7 Å². The summed E-state index contributed by atoms with van der Waals surface area (Å²) >= 11 is 0. The van der Waals surface area contributed by atoms with Gasteiger partial charge in [-0.15, -0.1) is 0 Å². The Labute approximate surface area is 148 Å². The predicted octanol–water partition coefficient (Wildman–Crippen LogP) is 0.750. The average Bonchev–Trinajstić information content (AvgIpc) is 2.68. The third kappa shape index (κ3) is 4.05. The van der Waals surface area contributed by atoms with Crippen molar-refractivity contribution in [2.24, 2.45) is 0 Å². The van der Waals surface area contributed by atoms with E-state index in [2.05, 4.69) is 16.8 Å². The Morgan fingerprint density at radius 2 is 1.88 bits per heavy atom. The fourth-order valence-electron chi connectivity index (χ4n) is 3.83. The van der Waals surface area contributed by atoms with Crippen molar-refractivity contribution in [3.05, 3.63) is 0 Å². The van der Waals surface area contributed by atoms with E-state index in [4.69, 9.17) is 4.74 Å². The maximum Gasteiger partial charge on any atom is 0.335 e. The number of nitrogens with one attached hydrogen (secondary N) is 2. The highest BCUT2D eigenvalue weighted by Gasteiger charge is 2.40. The molecular formula is C17H27N5O3. The normalized spacial score (nSPS) is 26.6. The fraction of sp³-hybridized carbons (Fsp3) is 0.824. The van der Waals surface area contributed by atoms with Crippen molar-refractivity contribution in [3.63, 3.8) is 0 Å². The number of hydrogen-bond donors (Lipinski definition) is 2. The summed E-state index contributed by atoms with van der Waals surface area (Å²) in [6, 6.07) is 1.56. The molecule has 8 nitrogen and oxygen atoms in total. The number of rotatable bonds is 2. The molecule has 3 rings (SSSR count). The summed E-state index contributed by atoms with van der Waals surface area (Å²) < 4.78 is 5.29. The fourth-order valence-corrected chi connectivity index (χ4v) is 3.83. The second kappa shape index (κ2) is 8.02. The molecule has 3 aliphatic rings. The average molecular weight is 349 g/mol. The summed E-state index contributed by atoms with van der Waals surface area (Å²) in [6.07, 6.45) is 5.81. The van der Waals surface area contributed by atoms with Gasteiger partial charge in [-0.1, -0.05) is 19.3 Å². The topological polar surface area (TPSA) is 97.7 Å². The first kappa shape index (κ1) is 18.0. The molecule has 0 aromatic heterocycles. The standard InChI is InChI=1S/C17H27N5O3/c18-13-17(6-2-1-3-7-17)20-15(23)14-5-4-8-19-22(14)16(24)21-9-11-25-12-10-21/h14,19H,1-12H2,(H,20,23)/t14-/m0/s1. The first-order valence-corrected chi connectivity index (χ1v) is 9.28. The Balaban J connectivity index is 1.68. The molecule has 3 amide bonds. The number of ether oxygens (including phenoxy) is 1. The highest BCUT2D eigenvalue weighted by atomic mass is 16.5. The van der Waals surface area contributed by atoms with E-state index in [0.717, 1.165) is 25.7 Å². The van der Waals surface area contributed by atoms with Crippen LogP contribution in [0.2, 0.25) is 0 Å². The van der Waals surface area contributed by atoms with Gasteiger partial charge in [0.2, 0.25) is 5.91 Å². The number of urea groups is 1. The molecule has 0 aromatic rings. The largest absolute Gasteiger partial charge is 0.378 e. The van der Waals surface area contributed by atoms with E-state index in [1.807, 2.05) is 0 Å². The number of carbonyl (C=O) groups is 2. The number of amides is 3. The van der Waals surface area contributed by atoms with Gasteiger partial charge in [0.05, 0.1) is 19.3 Å². The molecule has 2 heterocycles. The molecule has 138 valence electrons. The molecule has 25 heavy (non-hydrogen) atoms. The van der Waals surface area contributed by atoms with Crippen molar-refractivity contribution in [2.75, 3.05) is 32.8 Å². The Hall–Kier alpha value is -1.85. The van der Waals surface area contributed by atoms with Crippen molar-refractivity contribution >= 4 is 11.9 Å². The number of hydrogen-bond acceptors (Lipinski definition) is 5. The minimum atomic E-state index is -0.777. The van der Waals surface area contributed by atoms with Crippen molar-refractivity contribution in [2.45, 2.75) is 56.5 Å². The van der Waals surface area contributed by atoms with Crippen LogP contribution in [0.1, 0.15) is 44.9 Å². The van der Waals surface area contributed by atoms with Gasteiger partial charge >= 0.3 is 6.03 Å². The van der Waals surface area contributed by atoms with Gasteiger partial charge < -0.3 is 15.0 Å². The maximum atomic E-state index is 12.9. The number of nitrogens with zero attached hydrogens (tertiary/aromatic N) is 3. The third-order valence-corrected chi connectivity index (χ3v) is 5.32. The zero-order valence-electron chi connectivity index (χ0n) is 14.6. The van der Waals surface area contributed by atoms with E-state index in [9.17, 15) is 14.9 Å². The summed E-state index contributed by atoms with van der Waals surface area (Å²) in [6.45, 7) is 2.78. The Morgan fingerprint density at radius 3 is 2.56 bits per heavy atom. The third-order valence-electron chi connectivity index (χ3n) is 5.32. The maximum absolute atomic E-state index is 12.9. The highest BCUT2D eigenvalue weighted by Crippen LogP contribution is 2.28. The number of nitriles is 1. The van der Waals surface area contributed by atoms with Crippen LogP contribution in [0.3, 0.4) is 0 Å². The van der Waals surface area contributed by atoms with Crippen LogP contribution in [0.5, 0.6) is 0 Å². The van der Waals surface area contributed by atoms with Crippen molar-refractivity contribution in [1.82, 2.24) is 20.7 Å². The molecule has 1 aliphatic carbocycles. The van der Waals surface area contributed by atoms with Crippen LogP contribution in [-0.2, 0) is 9.53 Å². The van der Waals surface area contributed by atoms with E-state index >= 15 is 0 Å². The lowest BCUT2D eigenvalue weighted by Gasteiger charge is -2.41. The quantitative estimate of drug-likeness (QED) is 0.767. The first-order valence-electron chi connectivity index (χ1n) is 9.28. The smallest absolute Gasteiger partial charge is 0.335 e. The van der Waals surface area contributed by atoms with Crippen LogP contribution in [0.15, 0.2) is 0 Å². The van der Waals surface area contributed by atoms with E-state index < -0.39 is 11.6 Å². The summed E-state index contributed by atoms with van der Waals surface area (Å²) in [7, 11) is 0. The van der Waals surface area contributed by atoms with E-state index in [-0.39, 0.29) is 11.9 Å². The van der Waals surface area contributed by atoms with Crippen molar-refractivity contribution in [1.29, 1.82) is 5.26 Å².